The number of hydrogen-bond donors (Lipinski definition) is 1. The topological polar surface area (TPSA) is 101 Å². The van der Waals surface area contributed by atoms with Gasteiger partial charge in [-0.3, -0.25) is 4.98 Å². The third-order valence-corrected chi connectivity index (χ3v) is 7.14. The highest BCUT2D eigenvalue weighted by molar-refractivity contribution is 7.89. The van der Waals surface area contributed by atoms with E-state index in [1.165, 1.54) is 4.31 Å². The van der Waals surface area contributed by atoms with Crippen molar-refractivity contribution in [2.75, 3.05) is 43.0 Å². The van der Waals surface area contributed by atoms with Crippen molar-refractivity contribution in [2.24, 2.45) is 0 Å². The molecular formula is C22H26N6O3S. The molecule has 0 amide bonds. The van der Waals surface area contributed by atoms with Crippen LogP contribution in [-0.2, 0) is 10.0 Å². The van der Waals surface area contributed by atoms with E-state index in [1.807, 2.05) is 43.0 Å². The van der Waals surface area contributed by atoms with Crippen LogP contribution in [0.1, 0.15) is 12.5 Å². The zero-order valence-corrected chi connectivity index (χ0v) is 18.9. The van der Waals surface area contributed by atoms with Gasteiger partial charge in [-0.1, -0.05) is 0 Å². The summed E-state index contributed by atoms with van der Waals surface area (Å²) in [6.45, 7) is 6.15. The molecule has 3 aromatic rings. The van der Waals surface area contributed by atoms with Crippen LogP contribution in [0.5, 0.6) is 5.75 Å². The molecule has 0 atom stereocenters. The summed E-state index contributed by atoms with van der Waals surface area (Å²) in [4.78, 5) is 6.32. The minimum absolute atomic E-state index is 0.290. The number of ether oxygens (including phenoxy) is 1. The number of benzene rings is 1. The molecule has 0 bridgehead atoms. The second kappa shape index (κ2) is 9.49. The van der Waals surface area contributed by atoms with Gasteiger partial charge >= 0.3 is 0 Å². The lowest BCUT2D eigenvalue weighted by molar-refractivity contribution is 0.337. The number of pyridine rings is 1. The first-order chi connectivity index (χ1) is 15.5. The standard InChI is InChI=1S/C22H26N6O3S/c1-3-31-20-5-4-19(16-17(20)2)32(29,30)28-14-12-27(13-15-28)22-7-6-21(25-26-22)24-18-8-10-23-11-9-18/h4-11,16H,3,12-15H2,1-2H3,(H,23,24,25). The maximum Gasteiger partial charge on any atom is 0.243 e. The van der Waals surface area contributed by atoms with Crippen LogP contribution in [0.25, 0.3) is 0 Å². The Morgan fingerprint density at radius 3 is 2.38 bits per heavy atom. The Labute approximate surface area is 188 Å². The van der Waals surface area contributed by atoms with Crippen LogP contribution in [0.3, 0.4) is 0 Å². The largest absolute Gasteiger partial charge is 0.494 e. The quantitative estimate of drug-likeness (QED) is 0.582. The number of sulfonamides is 1. The molecule has 1 aliphatic heterocycles. The van der Waals surface area contributed by atoms with E-state index in [0.29, 0.717) is 49.2 Å². The van der Waals surface area contributed by atoms with Crippen LogP contribution in [0.4, 0.5) is 17.3 Å². The predicted octanol–water partition coefficient (Wildman–Crippen LogP) is 2.83. The number of aryl methyl sites for hydroxylation is 1. The molecule has 0 radical (unpaired) electrons. The van der Waals surface area contributed by atoms with E-state index in [0.717, 1.165) is 17.1 Å². The van der Waals surface area contributed by atoms with Crippen LogP contribution in [0, 0.1) is 6.92 Å². The van der Waals surface area contributed by atoms with Crippen LogP contribution >= 0.6 is 0 Å². The zero-order chi connectivity index (χ0) is 22.6. The monoisotopic (exact) mass is 454 g/mol. The van der Waals surface area contributed by atoms with Gasteiger partial charge < -0.3 is 15.0 Å². The minimum Gasteiger partial charge on any atom is -0.494 e. The highest BCUT2D eigenvalue weighted by Crippen LogP contribution is 2.25. The van der Waals surface area contributed by atoms with Gasteiger partial charge in [0.25, 0.3) is 0 Å². The van der Waals surface area contributed by atoms with Crippen LogP contribution in [0.15, 0.2) is 59.8 Å². The number of piperazine rings is 1. The minimum atomic E-state index is -3.56. The molecule has 0 saturated carbocycles. The lowest BCUT2D eigenvalue weighted by Gasteiger charge is -2.34. The van der Waals surface area contributed by atoms with E-state index in [2.05, 4.69) is 20.5 Å². The second-order valence-electron chi connectivity index (χ2n) is 7.39. The molecule has 1 fully saturated rings. The Morgan fingerprint density at radius 2 is 1.75 bits per heavy atom. The molecule has 0 unspecified atom stereocenters. The number of aromatic nitrogens is 3. The predicted molar refractivity (Wildman–Crippen MR) is 123 cm³/mol. The van der Waals surface area contributed by atoms with E-state index < -0.39 is 10.0 Å². The molecule has 1 aliphatic rings. The van der Waals surface area contributed by atoms with E-state index in [4.69, 9.17) is 4.74 Å². The molecule has 4 rings (SSSR count). The molecule has 1 aromatic carbocycles. The lowest BCUT2D eigenvalue weighted by Crippen LogP contribution is -2.49. The molecule has 1 N–H and O–H groups in total. The first-order valence-electron chi connectivity index (χ1n) is 10.5. The van der Waals surface area contributed by atoms with Gasteiger partial charge in [0.05, 0.1) is 11.5 Å². The molecule has 10 heteroatoms. The smallest absolute Gasteiger partial charge is 0.243 e. The fourth-order valence-electron chi connectivity index (χ4n) is 3.55. The summed E-state index contributed by atoms with van der Waals surface area (Å²) in [5.41, 5.74) is 1.69. The SMILES string of the molecule is CCOc1ccc(S(=O)(=O)N2CCN(c3ccc(Nc4ccncc4)nn3)CC2)cc1C. The highest BCUT2D eigenvalue weighted by atomic mass is 32.2. The zero-order valence-electron chi connectivity index (χ0n) is 18.1. The molecule has 0 spiro atoms. The first kappa shape index (κ1) is 22.0. The van der Waals surface area contributed by atoms with Crippen molar-refractivity contribution in [1.29, 1.82) is 0 Å². The van der Waals surface area contributed by atoms with Gasteiger partial charge in [0, 0.05) is 44.3 Å². The first-order valence-corrected chi connectivity index (χ1v) is 11.9. The Kier molecular flexibility index (Phi) is 6.52. The van der Waals surface area contributed by atoms with Crippen LogP contribution in [0.2, 0.25) is 0 Å². The van der Waals surface area contributed by atoms with E-state index in [-0.39, 0.29) is 0 Å². The molecule has 168 valence electrons. The summed E-state index contributed by atoms with van der Waals surface area (Å²) >= 11 is 0. The maximum atomic E-state index is 13.1. The van der Waals surface area contributed by atoms with Crippen molar-refractivity contribution in [2.45, 2.75) is 18.7 Å². The van der Waals surface area contributed by atoms with Gasteiger partial charge in [-0.2, -0.15) is 4.31 Å². The van der Waals surface area contributed by atoms with Gasteiger partial charge in [0.1, 0.15) is 5.75 Å². The molecule has 3 heterocycles. The van der Waals surface area contributed by atoms with Crippen molar-refractivity contribution < 1.29 is 13.2 Å². The molecule has 1 saturated heterocycles. The number of anilines is 3. The third-order valence-electron chi connectivity index (χ3n) is 5.25. The van der Waals surface area contributed by atoms with Crippen molar-refractivity contribution in [1.82, 2.24) is 19.5 Å². The van der Waals surface area contributed by atoms with Gasteiger partial charge in [0.15, 0.2) is 11.6 Å². The maximum absolute atomic E-state index is 13.1. The van der Waals surface area contributed by atoms with Crippen molar-refractivity contribution in [3.63, 3.8) is 0 Å². The molecule has 32 heavy (non-hydrogen) atoms. The van der Waals surface area contributed by atoms with Gasteiger partial charge in [-0.05, 0) is 61.9 Å². The van der Waals surface area contributed by atoms with Crippen LogP contribution in [-0.4, -0.2) is 60.7 Å². The summed E-state index contributed by atoms with van der Waals surface area (Å²) in [5, 5.41) is 11.7. The average molecular weight is 455 g/mol. The number of hydrogen-bond acceptors (Lipinski definition) is 8. The average Bonchev–Trinajstić information content (AvgIpc) is 2.82. The highest BCUT2D eigenvalue weighted by Gasteiger charge is 2.29. The fourth-order valence-corrected chi connectivity index (χ4v) is 5.06. The van der Waals surface area contributed by atoms with Crippen molar-refractivity contribution in [3.8, 4) is 5.75 Å². The van der Waals surface area contributed by atoms with Crippen molar-refractivity contribution >= 4 is 27.3 Å². The van der Waals surface area contributed by atoms with Crippen LogP contribution < -0.4 is 15.0 Å². The Morgan fingerprint density at radius 1 is 1.00 bits per heavy atom. The van der Waals surface area contributed by atoms with Gasteiger partial charge in [-0.15, -0.1) is 10.2 Å². The summed E-state index contributed by atoms with van der Waals surface area (Å²) in [6.07, 6.45) is 3.40. The number of rotatable bonds is 7. The van der Waals surface area contributed by atoms with E-state index in [9.17, 15) is 8.42 Å². The number of nitrogens with one attached hydrogen (secondary N) is 1. The van der Waals surface area contributed by atoms with Gasteiger partial charge in [0.2, 0.25) is 10.0 Å². The Hall–Kier alpha value is -3.24. The van der Waals surface area contributed by atoms with E-state index in [1.54, 1.807) is 30.6 Å². The summed E-state index contributed by atoms with van der Waals surface area (Å²) in [6, 6.07) is 12.4. The van der Waals surface area contributed by atoms with Crippen molar-refractivity contribution in [3.05, 3.63) is 60.4 Å². The van der Waals surface area contributed by atoms with E-state index >= 15 is 0 Å². The summed E-state index contributed by atoms with van der Waals surface area (Å²) < 4.78 is 33.2. The van der Waals surface area contributed by atoms with Gasteiger partial charge in [-0.25, -0.2) is 8.42 Å². The third kappa shape index (κ3) is 4.81. The summed E-state index contributed by atoms with van der Waals surface area (Å²) in [7, 11) is -3.56. The Balaban J connectivity index is 1.38. The second-order valence-corrected chi connectivity index (χ2v) is 9.33. The lowest BCUT2D eigenvalue weighted by atomic mass is 10.2. The summed E-state index contributed by atoms with van der Waals surface area (Å²) in [5.74, 6) is 2.06. The molecular weight excluding hydrogens is 428 g/mol. The normalized spacial score (nSPS) is 14.9. The molecule has 2 aromatic heterocycles. The molecule has 0 aliphatic carbocycles. The molecule has 9 nitrogen and oxygen atoms in total. The fraction of sp³-hybridized carbons (Fsp3) is 0.318. The Bertz CT molecular complexity index is 1150. The number of nitrogens with zero attached hydrogens (tertiary/aromatic N) is 5.